The van der Waals surface area contributed by atoms with Crippen LogP contribution in [0.3, 0.4) is 0 Å². The van der Waals surface area contributed by atoms with Crippen LogP contribution in [-0.2, 0) is 9.84 Å². The van der Waals surface area contributed by atoms with Crippen LogP contribution in [0, 0.1) is 11.8 Å². The highest BCUT2D eigenvalue weighted by Gasteiger charge is 2.30. The third-order valence-corrected chi connectivity index (χ3v) is 5.05. The number of nitrogens with one attached hydrogen (secondary N) is 1. The van der Waals surface area contributed by atoms with E-state index in [1.807, 2.05) is 0 Å². The predicted molar refractivity (Wildman–Crippen MR) is 81.2 cm³/mol. The molecule has 0 aromatic carbocycles. The fourth-order valence-electron chi connectivity index (χ4n) is 2.74. The van der Waals surface area contributed by atoms with Crippen molar-refractivity contribution in [3.8, 4) is 0 Å². The van der Waals surface area contributed by atoms with Crippen molar-refractivity contribution in [2.75, 3.05) is 31.6 Å². The molecule has 0 aliphatic carbocycles. The van der Waals surface area contributed by atoms with E-state index in [2.05, 4.69) is 37.9 Å². The maximum Gasteiger partial charge on any atom is 0.147 e. The van der Waals surface area contributed by atoms with Gasteiger partial charge in [0, 0.05) is 31.4 Å². The van der Waals surface area contributed by atoms with Gasteiger partial charge in [-0.05, 0) is 24.8 Å². The van der Waals surface area contributed by atoms with E-state index in [1.54, 1.807) is 0 Å². The Kier molecular flexibility index (Phi) is 6.27. The van der Waals surface area contributed by atoms with Crippen molar-refractivity contribution in [1.29, 1.82) is 0 Å². The summed E-state index contributed by atoms with van der Waals surface area (Å²) in [6, 6.07) is 1.04. The van der Waals surface area contributed by atoms with Crippen LogP contribution in [0.15, 0.2) is 0 Å². The fourth-order valence-corrected chi connectivity index (χ4v) is 3.40. The van der Waals surface area contributed by atoms with E-state index in [1.165, 1.54) is 6.26 Å². The summed E-state index contributed by atoms with van der Waals surface area (Å²) < 4.78 is 22.5. The molecule has 0 saturated carbocycles. The summed E-state index contributed by atoms with van der Waals surface area (Å²) in [6.07, 6.45) is 2.06. The second-order valence-electron chi connectivity index (χ2n) is 6.55. The highest BCUT2D eigenvalue weighted by atomic mass is 32.2. The van der Waals surface area contributed by atoms with Crippen LogP contribution in [-0.4, -0.2) is 57.0 Å². The zero-order chi connectivity index (χ0) is 14.6. The van der Waals surface area contributed by atoms with Gasteiger partial charge in [-0.3, -0.25) is 4.90 Å². The molecular formula is C14H30N2O2S. The van der Waals surface area contributed by atoms with Gasteiger partial charge in [-0.1, -0.05) is 27.7 Å². The molecule has 0 radical (unpaired) electrons. The largest absolute Gasteiger partial charge is 0.311 e. The minimum absolute atomic E-state index is 0.300. The zero-order valence-electron chi connectivity index (χ0n) is 13.0. The molecule has 0 bridgehead atoms. The number of hydrogen-bond acceptors (Lipinski definition) is 4. The maximum atomic E-state index is 11.2. The Morgan fingerprint density at radius 2 is 1.84 bits per heavy atom. The molecule has 2 atom stereocenters. The molecule has 114 valence electrons. The molecule has 4 nitrogen and oxygen atoms in total. The van der Waals surface area contributed by atoms with Gasteiger partial charge in [0.1, 0.15) is 9.84 Å². The Morgan fingerprint density at radius 1 is 1.21 bits per heavy atom. The van der Waals surface area contributed by atoms with E-state index in [0.29, 0.717) is 29.7 Å². The maximum absolute atomic E-state index is 11.2. The van der Waals surface area contributed by atoms with Crippen molar-refractivity contribution in [2.45, 2.75) is 46.2 Å². The van der Waals surface area contributed by atoms with Crippen molar-refractivity contribution in [1.82, 2.24) is 10.2 Å². The number of piperazine rings is 1. The summed E-state index contributed by atoms with van der Waals surface area (Å²) in [7, 11) is -2.83. The lowest BCUT2D eigenvalue weighted by Crippen LogP contribution is -2.59. The Hall–Kier alpha value is -0.130. The standard InChI is InChI=1S/C14H30N2O2S/c1-11(2)13-10-16(7-6-8-19(5,17)18)14(9-15-13)12(3)4/h11-15H,6-10H2,1-5H3. The van der Waals surface area contributed by atoms with Crippen LogP contribution in [0.4, 0.5) is 0 Å². The van der Waals surface area contributed by atoms with E-state index < -0.39 is 9.84 Å². The summed E-state index contributed by atoms with van der Waals surface area (Å²) in [6.45, 7) is 11.9. The molecule has 1 saturated heterocycles. The van der Waals surface area contributed by atoms with E-state index in [9.17, 15) is 8.42 Å². The van der Waals surface area contributed by atoms with Crippen molar-refractivity contribution in [3.63, 3.8) is 0 Å². The molecule has 1 heterocycles. The molecule has 1 fully saturated rings. The van der Waals surface area contributed by atoms with E-state index in [4.69, 9.17) is 0 Å². The molecule has 19 heavy (non-hydrogen) atoms. The highest BCUT2D eigenvalue weighted by molar-refractivity contribution is 7.90. The van der Waals surface area contributed by atoms with E-state index in [0.717, 1.165) is 26.1 Å². The zero-order valence-corrected chi connectivity index (χ0v) is 13.8. The average molecular weight is 290 g/mol. The van der Waals surface area contributed by atoms with Crippen LogP contribution in [0.1, 0.15) is 34.1 Å². The smallest absolute Gasteiger partial charge is 0.147 e. The topological polar surface area (TPSA) is 49.4 Å². The van der Waals surface area contributed by atoms with Gasteiger partial charge in [-0.2, -0.15) is 0 Å². The lowest BCUT2D eigenvalue weighted by atomic mass is 9.94. The number of hydrogen-bond donors (Lipinski definition) is 1. The molecule has 2 unspecified atom stereocenters. The van der Waals surface area contributed by atoms with Crippen LogP contribution in [0.5, 0.6) is 0 Å². The first-order chi connectivity index (χ1) is 8.70. The highest BCUT2D eigenvalue weighted by Crippen LogP contribution is 2.18. The Morgan fingerprint density at radius 3 is 2.32 bits per heavy atom. The fraction of sp³-hybridized carbons (Fsp3) is 1.00. The quantitative estimate of drug-likeness (QED) is 0.803. The van der Waals surface area contributed by atoms with Gasteiger partial charge >= 0.3 is 0 Å². The van der Waals surface area contributed by atoms with E-state index in [-0.39, 0.29) is 0 Å². The molecule has 1 aliphatic rings. The van der Waals surface area contributed by atoms with Gasteiger partial charge in [-0.15, -0.1) is 0 Å². The van der Waals surface area contributed by atoms with E-state index >= 15 is 0 Å². The van der Waals surface area contributed by atoms with Crippen LogP contribution in [0.2, 0.25) is 0 Å². The Bertz CT molecular complexity index is 366. The third kappa shape index (κ3) is 5.79. The van der Waals surface area contributed by atoms with Crippen molar-refractivity contribution in [2.24, 2.45) is 11.8 Å². The summed E-state index contributed by atoms with van der Waals surface area (Å²) in [5, 5.41) is 3.63. The van der Waals surface area contributed by atoms with Gasteiger partial charge in [0.2, 0.25) is 0 Å². The molecule has 1 rings (SSSR count). The first kappa shape index (κ1) is 16.9. The summed E-state index contributed by atoms with van der Waals surface area (Å²) in [5.41, 5.74) is 0. The Labute approximate surface area is 118 Å². The van der Waals surface area contributed by atoms with Crippen LogP contribution >= 0.6 is 0 Å². The molecule has 1 N–H and O–H groups in total. The monoisotopic (exact) mass is 290 g/mol. The molecule has 0 aromatic heterocycles. The molecule has 0 spiro atoms. The second kappa shape index (κ2) is 7.04. The summed E-state index contributed by atoms with van der Waals surface area (Å²) in [5.74, 6) is 1.51. The predicted octanol–water partition coefficient (Wildman–Crippen LogP) is 1.38. The Balaban J connectivity index is 2.56. The number of nitrogens with zero attached hydrogens (tertiary/aromatic N) is 1. The molecule has 1 aliphatic heterocycles. The van der Waals surface area contributed by atoms with Crippen LogP contribution in [0.25, 0.3) is 0 Å². The minimum atomic E-state index is -2.83. The van der Waals surface area contributed by atoms with Crippen LogP contribution < -0.4 is 5.32 Å². The molecular weight excluding hydrogens is 260 g/mol. The normalized spacial score (nSPS) is 26.3. The van der Waals surface area contributed by atoms with Crippen molar-refractivity contribution in [3.05, 3.63) is 0 Å². The van der Waals surface area contributed by atoms with Gasteiger partial charge in [-0.25, -0.2) is 8.42 Å². The summed E-state index contributed by atoms with van der Waals surface area (Å²) in [4.78, 5) is 2.48. The average Bonchev–Trinajstić information content (AvgIpc) is 2.26. The lowest BCUT2D eigenvalue weighted by Gasteiger charge is -2.43. The van der Waals surface area contributed by atoms with Gasteiger partial charge in [0.05, 0.1) is 5.75 Å². The molecule has 5 heteroatoms. The van der Waals surface area contributed by atoms with Gasteiger partial charge in [0.15, 0.2) is 0 Å². The van der Waals surface area contributed by atoms with Gasteiger partial charge in [0.25, 0.3) is 0 Å². The van der Waals surface area contributed by atoms with Crippen molar-refractivity contribution >= 4 is 9.84 Å². The first-order valence-corrected chi connectivity index (χ1v) is 9.42. The second-order valence-corrected chi connectivity index (χ2v) is 8.81. The van der Waals surface area contributed by atoms with Crippen molar-refractivity contribution < 1.29 is 8.42 Å². The lowest BCUT2D eigenvalue weighted by molar-refractivity contribution is 0.0856. The number of sulfone groups is 1. The number of rotatable bonds is 6. The van der Waals surface area contributed by atoms with Gasteiger partial charge < -0.3 is 5.32 Å². The third-order valence-electron chi connectivity index (χ3n) is 4.02. The summed E-state index contributed by atoms with van der Waals surface area (Å²) >= 11 is 0. The first-order valence-electron chi connectivity index (χ1n) is 7.36. The SMILES string of the molecule is CC(C)C1CN(CCCS(C)(=O)=O)C(C(C)C)CN1. The minimum Gasteiger partial charge on any atom is -0.311 e. The molecule has 0 aromatic rings. The molecule has 0 amide bonds.